The van der Waals surface area contributed by atoms with Crippen molar-refractivity contribution in [2.45, 2.75) is 4.90 Å². The molecule has 21 heavy (non-hydrogen) atoms. The molecule has 0 amide bonds. The van der Waals surface area contributed by atoms with E-state index in [1.807, 2.05) is 0 Å². The van der Waals surface area contributed by atoms with Crippen molar-refractivity contribution in [3.8, 4) is 5.75 Å². The van der Waals surface area contributed by atoms with Gasteiger partial charge in [-0.25, -0.2) is 13.2 Å². The number of sulfonamides is 1. The lowest BCUT2D eigenvalue weighted by Crippen LogP contribution is -2.12. The average Bonchev–Trinajstić information content (AvgIpc) is 2.80. The van der Waals surface area contributed by atoms with Crippen molar-refractivity contribution in [3.05, 3.63) is 52.9 Å². The second kappa shape index (κ2) is 4.67. The van der Waals surface area contributed by atoms with Crippen molar-refractivity contribution in [1.29, 1.82) is 0 Å². The fraction of sp³-hybridized carbons (Fsp3) is 0. The number of hydrogen-bond acceptors (Lipinski definition) is 4. The average molecular weight is 305 g/mol. The molecule has 8 heteroatoms. The zero-order valence-electron chi connectivity index (χ0n) is 10.6. The Bertz CT molecular complexity index is 972. The third-order valence-electron chi connectivity index (χ3n) is 2.95. The molecule has 0 aliphatic rings. The van der Waals surface area contributed by atoms with Crippen molar-refractivity contribution in [2.75, 3.05) is 4.72 Å². The first kappa shape index (κ1) is 13.3. The minimum absolute atomic E-state index is 0.0199. The van der Waals surface area contributed by atoms with Gasteiger partial charge in [0, 0.05) is 0 Å². The third kappa shape index (κ3) is 2.48. The number of hydrogen-bond donors (Lipinski definition) is 4. The molecule has 1 heterocycles. The number of fused-ring (bicyclic) bond motifs is 1. The Morgan fingerprint density at radius 1 is 1.00 bits per heavy atom. The predicted octanol–water partition coefficient (Wildman–Crippen LogP) is 1.36. The van der Waals surface area contributed by atoms with E-state index in [-0.39, 0.29) is 16.3 Å². The topological polar surface area (TPSA) is 115 Å². The van der Waals surface area contributed by atoms with E-state index in [4.69, 9.17) is 0 Å². The Morgan fingerprint density at radius 3 is 2.48 bits per heavy atom. The van der Waals surface area contributed by atoms with Crippen LogP contribution in [0.2, 0.25) is 0 Å². The molecule has 0 saturated heterocycles. The van der Waals surface area contributed by atoms with E-state index in [9.17, 15) is 18.3 Å². The second-order valence-electron chi connectivity index (χ2n) is 4.41. The summed E-state index contributed by atoms with van der Waals surface area (Å²) in [5.74, 6) is -0.169. The monoisotopic (exact) mass is 305 g/mol. The molecule has 0 unspecified atom stereocenters. The minimum atomic E-state index is -3.86. The van der Waals surface area contributed by atoms with E-state index in [1.54, 1.807) is 12.1 Å². The van der Waals surface area contributed by atoms with Gasteiger partial charge in [-0.1, -0.05) is 12.1 Å². The van der Waals surface area contributed by atoms with Crippen LogP contribution < -0.4 is 10.4 Å². The maximum atomic E-state index is 12.3. The standard InChI is InChI=1S/C13H11N3O4S/c17-12-4-2-1-3-10(12)16-21(19,20)8-5-6-9-11(7-8)15-13(18)14-9/h1-7,16-17H,(H2,14,15,18). The zero-order valence-corrected chi connectivity index (χ0v) is 11.4. The predicted molar refractivity (Wildman–Crippen MR) is 77.8 cm³/mol. The van der Waals surface area contributed by atoms with Gasteiger partial charge >= 0.3 is 5.69 Å². The Morgan fingerprint density at radius 2 is 1.71 bits per heavy atom. The number of phenols is 1. The molecule has 1 aromatic heterocycles. The van der Waals surface area contributed by atoms with Crippen molar-refractivity contribution >= 4 is 26.7 Å². The molecule has 0 aliphatic heterocycles. The smallest absolute Gasteiger partial charge is 0.323 e. The van der Waals surface area contributed by atoms with Gasteiger partial charge in [0.25, 0.3) is 10.0 Å². The number of phenolic OH excluding ortho intramolecular Hbond substituents is 1. The molecule has 0 aliphatic carbocycles. The first-order chi connectivity index (χ1) is 9.95. The van der Waals surface area contributed by atoms with Gasteiger partial charge in [-0.2, -0.15) is 0 Å². The summed E-state index contributed by atoms with van der Waals surface area (Å²) in [4.78, 5) is 16.2. The third-order valence-corrected chi connectivity index (χ3v) is 4.31. The summed E-state index contributed by atoms with van der Waals surface area (Å²) in [6.07, 6.45) is 0. The fourth-order valence-corrected chi connectivity index (χ4v) is 3.04. The number of para-hydroxylation sites is 2. The summed E-state index contributed by atoms with van der Waals surface area (Å²) in [5, 5.41) is 9.62. The summed E-state index contributed by atoms with van der Waals surface area (Å²) in [7, 11) is -3.86. The SMILES string of the molecule is O=c1[nH]c2ccc(S(=O)(=O)Nc3ccccc3O)cc2[nH]1. The Labute approximate surface area is 119 Å². The summed E-state index contributed by atoms with van der Waals surface area (Å²) >= 11 is 0. The molecule has 0 fully saturated rings. The number of aromatic amines is 2. The molecule has 0 bridgehead atoms. The lowest BCUT2D eigenvalue weighted by atomic mass is 10.3. The number of imidazole rings is 1. The molecule has 108 valence electrons. The van der Waals surface area contributed by atoms with Crippen LogP contribution in [0.4, 0.5) is 5.69 Å². The van der Waals surface area contributed by atoms with E-state index in [1.165, 1.54) is 30.3 Å². The Balaban J connectivity index is 2.03. The van der Waals surface area contributed by atoms with Crippen LogP contribution in [0.3, 0.4) is 0 Å². The molecule has 0 saturated carbocycles. The van der Waals surface area contributed by atoms with E-state index in [0.29, 0.717) is 11.0 Å². The molecule has 4 N–H and O–H groups in total. The number of benzene rings is 2. The van der Waals surface area contributed by atoms with Crippen molar-refractivity contribution in [1.82, 2.24) is 9.97 Å². The van der Waals surface area contributed by atoms with Crippen LogP contribution in [-0.2, 0) is 10.0 Å². The maximum absolute atomic E-state index is 12.3. The number of H-pyrrole nitrogens is 2. The van der Waals surface area contributed by atoms with E-state index < -0.39 is 15.7 Å². The molecular formula is C13H11N3O4S. The summed E-state index contributed by atoms with van der Waals surface area (Å²) in [6.45, 7) is 0. The van der Waals surface area contributed by atoms with Crippen LogP contribution in [0.5, 0.6) is 5.75 Å². The number of rotatable bonds is 3. The molecule has 7 nitrogen and oxygen atoms in total. The van der Waals surface area contributed by atoms with E-state index >= 15 is 0 Å². The molecule has 0 radical (unpaired) electrons. The summed E-state index contributed by atoms with van der Waals surface area (Å²) in [5.41, 5.74) is 0.579. The van der Waals surface area contributed by atoms with Gasteiger partial charge in [0.05, 0.1) is 21.6 Å². The minimum Gasteiger partial charge on any atom is -0.506 e. The van der Waals surface area contributed by atoms with Gasteiger partial charge in [-0.05, 0) is 30.3 Å². The molecule has 0 spiro atoms. The largest absolute Gasteiger partial charge is 0.506 e. The highest BCUT2D eigenvalue weighted by Crippen LogP contribution is 2.25. The van der Waals surface area contributed by atoms with Gasteiger partial charge in [0.1, 0.15) is 5.75 Å². The lowest BCUT2D eigenvalue weighted by molar-refractivity contribution is 0.477. The van der Waals surface area contributed by atoms with Gasteiger partial charge < -0.3 is 15.1 Å². The van der Waals surface area contributed by atoms with Crippen LogP contribution in [0, 0.1) is 0 Å². The second-order valence-corrected chi connectivity index (χ2v) is 6.09. The lowest BCUT2D eigenvalue weighted by Gasteiger charge is -2.09. The van der Waals surface area contributed by atoms with Crippen LogP contribution >= 0.6 is 0 Å². The van der Waals surface area contributed by atoms with Gasteiger partial charge in [-0.3, -0.25) is 4.72 Å². The van der Waals surface area contributed by atoms with E-state index in [2.05, 4.69) is 14.7 Å². The fourth-order valence-electron chi connectivity index (χ4n) is 1.94. The van der Waals surface area contributed by atoms with Crippen molar-refractivity contribution in [2.24, 2.45) is 0 Å². The van der Waals surface area contributed by atoms with Gasteiger partial charge in [-0.15, -0.1) is 0 Å². The normalized spacial score (nSPS) is 11.6. The highest BCUT2D eigenvalue weighted by Gasteiger charge is 2.16. The quantitative estimate of drug-likeness (QED) is 0.547. The highest BCUT2D eigenvalue weighted by molar-refractivity contribution is 7.92. The summed E-state index contributed by atoms with van der Waals surface area (Å²) < 4.78 is 26.9. The van der Waals surface area contributed by atoms with Crippen LogP contribution in [-0.4, -0.2) is 23.5 Å². The number of nitrogens with one attached hydrogen (secondary N) is 3. The Hall–Kier alpha value is -2.74. The first-order valence-corrected chi connectivity index (χ1v) is 7.47. The molecule has 2 aromatic carbocycles. The maximum Gasteiger partial charge on any atom is 0.323 e. The molecule has 0 atom stereocenters. The van der Waals surface area contributed by atoms with E-state index in [0.717, 1.165) is 0 Å². The van der Waals surface area contributed by atoms with Crippen molar-refractivity contribution in [3.63, 3.8) is 0 Å². The van der Waals surface area contributed by atoms with Gasteiger partial charge in [0.15, 0.2) is 0 Å². The molecule has 3 aromatic rings. The van der Waals surface area contributed by atoms with Crippen LogP contribution in [0.25, 0.3) is 11.0 Å². The summed E-state index contributed by atoms with van der Waals surface area (Å²) in [6, 6.07) is 10.2. The molecule has 3 rings (SSSR count). The first-order valence-electron chi connectivity index (χ1n) is 5.98. The Kier molecular flexibility index (Phi) is 2.95. The highest BCUT2D eigenvalue weighted by atomic mass is 32.2. The van der Waals surface area contributed by atoms with Crippen molar-refractivity contribution < 1.29 is 13.5 Å². The number of aromatic hydroxyl groups is 1. The number of aromatic nitrogens is 2. The van der Waals surface area contributed by atoms with Crippen LogP contribution in [0.1, 0.15) is 0 Å². The molecular weight excluding hydrogens is 294 g/mol. The number of anilines is 1. The van der Waals surface area contributed by atoms with Gasteiger partial charge in [0.2, 0.25) is 0 Å². The van der Waals surface area contributed by atoms with Crippen LogP contribution in [0.15, 0.2) is 52.2 Å². The zero-order chi connectivity index (χ0) is 15.0.